The van der Waals surface area contributed by atoms with Gasteiger partial charge in [-0.2, -0.15) is 0 Å². The number of halogens is 2. The third-order valence-corrected chi connectivity index (χ3v) is 6.16. The van der Waals surface area contributed by atoms with Gasteiger partial charge < -0.3 is 15.2 Å². The summed E-state index contributed by atoms with van der Waals surface area (Å²) in [6.07, 6.45) is 5.77. The zero-order valence-corrected chi connectivity index (χ0v) is 17.6. The quantitative estimate of drug-likeness (QED) is 0.487. The van der Waals surface area contributed by atoms with Crippen LogP contribution in [0.3, 0.4) is 0 Å². The van der Waals surface area contributed by atoms with Gasteiger partial charge in [-0.1, -0.05) is 6.07 Å². The van der Waals surface area contributed by atoms with Crippen LogP contribution in [0.15, 0.2) is 48.9 Å². The fourth-order valence-electron chi connectivity index (χ4n) is 4.47. The molecule has 1 aliphatic carbocycles. The van der Waals surface area contributed by atoms with Crippen molar-refractivity contribution in [1.29, 1.82) is 0 Å². The third-order valence-electron chi connectivity index (χ3n) is 6.16. The van der Waals surface area contributed by atoms with E-state index in [2.05, 4.69) is 20.6 Å². The number of anilines is 1. The van der Waals surface area contributed by atoms with Crippen molar-refractivity contribution in [2.75, 3.05) is 5.32 Å². The van der Waals surface area contributed by atoms with Gasteiger partial charge in [0.15, 0.2) is 0 Å². The zero-order chi connectivity index (χ0) is 22.2. The van der Waals surface area contributed by atoms with E-state index in [4.69, 9.17) is 0 Å². The summed E-state index contributed by atoms with van der Waals surface area (Å²) in [5, 5.41) is 7.47. The molecule has 0 saturated heterocycles. The number of aromatic nitrogens is 4. The van der Waals surface area contributed by atoms with E-state index in [1.54, 1.807) is 22.7 Å². The first kappa shape index (κ1) is 20.4. The van der Waals surface area contributed by atoms with E-state index in [9.17, 15) is 13.6 Å². The van der Waals surface area contributed by atoms with Gasteiger partial charge in [0.25, 0.3) is 12.3 Å². The second-order valence-electron chi connectivity index (χ2n) is 8.29. The molecule has 4 heterocycles. The zero-order valence-electron chi connectivity index (χ0n) is 17.6. The number of pyridine rings is 2. The lowest BCUT2D eigenvalue weighted by Crippen LogP contribution is -2.40. The van der Waals surface area contributed by atoms with Crippen LogP contribution in [0.4, 0.5) is 14.6 Å². The van der Waals surface area contributed by atoms with Crippen molar-refractivity contribution in [1.82, 2.24) is 24.3 Å². The lowest BCUT2D eigenvalue weighted by Gasteiger charge is -2.30. The van der Waals surface area contributed by atoms with Crippen molar-refractivity contribution in [2.45, 2.75) is 44.2 Å². The first-order valence-electron chi connectivity index (χ1n) is 10.7. The number of carbonyl (C=O) groups is 1. The fraction of sp³-hybridized carbons (Fsp3) is 0.348. The summed E-state index contributed by atoms with van der Waals surface area (Å²) in [4.78, 5) is 21.2. The maximum Gasteiger partial charge on any atom is 0.281 e. The van der Waals surface area contributed by atoms with Gasteiger partial charge in [0.2, 0.25) is 0 Å². The molecule has 7 nitrogen and oxygen atoms in total. The van der Waals surface area contributed by atoms with Crippen molar-refractivity contribution in [3.63, 3.8) is 0 Å². The monoisotopic (exact) mass is 438 g/mol. The minimum atomic E-state index is -2.60. The Morgan fingerprint density at radius 1 is 1.12 bits per heavy atom. The molecule has 5 rings (SSSR count). The number of fused-ring (bicyclic) bond motifs is 2. The molecule has 0 spiro atoms. The second-order valence-corrected chi connectivity index (χ2v) is 8.29. The Kier molecular flexibility index (Phi) is 5.24. The van der Waals surface area contributed by atoms with Crippen LogP contribution >= 0.6 is 0 Å². The molecule has 0 atom stereocenters. The third kappa shape index (κ3) is 3.79. The van der Waals surface area contributed by atoms with Gasteiger partial charge in [-0.05, 0) is 49.9 Å². The van der Waals surface area contributed by atoms with E-state index in [0.29, 0.717) is 11.2 Å². The summed E-state index contributed by atoms with van der Waals surface area (Å²) in [7, 11) is 1.91. The van der Waals surface area contributed by atoms with Crippen molar-refractivity contribution in [2.24, 2.45) is 7.05 Å². The molecule has 4 aromatic rings. The smallest absolute Gasteiger partial charge is 0.281 e. The molecule has 9 heteroatoms. The van der Waals surface area contributed by atoms with Crippen molar-refractivity contribution >= 4 is 28.4 Å². The molecule has 32 heavy (non-hydrogen) atoms. The largest absolute Gasteiger partial charge is 0.368 e. The number of nitrogens with zero attached hydrogens (tertiary/aromatic N) is 4. The Morgan fingerprint density at radius 3 is 2.69 bits per heavy atom. The summed E-state index contributed by atoms with van der Waals surface area (Å²) in [6.45, 7) is 0. The Hall–Kier alpha value is -3.49. The van der Waals surface area contributed by atoms with Crippen molar-refractivity contribution < 1.29 is 13.6 Å². The molecule has 166 valence electrons. The molecule has 0 bridgehead atoms. The summed E-state index contributed by atoms with van der Waals surface area (Å²) in [6, 6.07) is 9.36. The minimum absolute atomic E-state index is 0.0808. The van der Waals surface area contributed by atoms with E-state index < -0.39 is 6.43 Å². The van der Waals surface area contributed by atoms with E-state index in [0.717, 1.165) is 42.5 Å². The van der Waals surface area contributed by atoms with Gasteiger partial charge in [-0.3, -0.25) is 9.20 Å². The average molecular weight is 438 g/mol. The molecule has 4 aromatic heterocycles. The van der Waals surface area contributed by atoms with E-state index >= 15 is 0 Å². The topological polar surface area (TPSA) is 76.2 Å². The summed E-state index contributed by atoms with van der Waals surface area (Å²) in [5.74, 6) is 0.667. The number of imidazole rings is 1. The van der Waals surface area contributed by atoms with Crippen LogP contribution in [0.1, 0.15) is 48.2 Å². The van der Waals surface area contributed by atoms with Gasteiger partial charge in [0, 0.05) is 43.1 Å². The molecule has 0 aromatic carbocycles. The van der Waals surface area contributed by atoms with Crippen LogP contribution in [0, 0.1) is 0 Å². The molecule has 0 radical (unpaired) electrons. The first-order valence-corrected chi connectivity index (χ1v) is 10.7. The summed E-state index contributed by atoms with van der Waals surface area (Å²) < 4.78 is 29.6. The molecular weight excluding hydrogens is 414 g/mol. The molecule has 1 saturated carbocycles. The lowest BCUT2D eigenvalue weighted by atomic mass is 9.91. The SMILES string of the molecule is Cn1ccc2c(C(=O)N[C@H]3CC[C@@H](Nc4cccc5nc(C(F)F)cn45)CC3)ccnc21. The average Bonchev–Trinajstić information content (AvgIpc) is 3.40. The van der Waals surface area contributed by atoms with E-state index in [1.165, 1.54) is 6.20 Å². The molecule has 2 N–H and O–H groups in total. The number of nitrogens with one attached hydrogen (secondary N) is 2. The van der Waals surface area contributed by atoms with Gasteiger partial charge in [0.05, 0.1) is 5.56 Å². The summed E-state index contributed by atoms with van der Waals surface area (Å²) >= 11 is 0. The van der Waals surface area contributed by atoms with Crippen molar-refractivity contribution in [3.05, 3.63) is 60.2 Å². The Balaban J connectivity index is 1.22. The predicted octanol–water partition coefficient (Wildman–Crippen LogP) is 4.31. The number of alkyl halides is 2. The van der Waals surface area contributed by atoms with E-state index in [-0.39, 0.29) is 23.7 Å². The predicted molar refractivity (Wildman–Crippen MR) is 118 cm³/mol. The second kappa shape index (κ2) is 8.22. The minimum Gasteiger partial charge on any atom is -0.368 e. The highest BCUT2D eigenvalue weighted by atomic mass is 19.3. The van der Waals surface area contributed by atoms with Gasteiger partial charge in [0.1, 0.15) is 22.8 Å². The van der Waals surface area contributed by atoms with Crippen LogP contribution in [-0.2, 0) is 7.05 Å². The van der Waals surface area contributed by atoms with Gasteiger partial charge >= 0.3 is 0 Å². The van der Waals surface area contributed by atoms with Crippen LogP contribution in [0.2, 0.25) is 0 Å². The number of hydrogen-bond acceptors (Lipinski definition) is 4. The Labute approximate surface area is 183 Å². The normalized spacial score (nSPS) is 19.0. The maximum atomic E-state index is 13.0. The highest BCUT2D eigenvalue weighted by Gasteiger charge is 2.24. The number of aryl methyl sites for hydroxylation is 1. The number of amides is 1. The van der Waals surface area contributed by atoms with Crippen LogP contribution in [0.25, 0.3) is 16.7 Å². The standard InChI is InChI=1S/C23H24F2N6O/c1-30-12-10-16-17(9-11-26-22(16)30)23(32)28-15-7-5-14(6-8-15)27-19-3-2-4-20-29-18(21(24)25)13-31(19)20/h2-4,9-15,21,27H,5-8H2,1H3,(H,28,32)/t14-,15+. The van der Waals surface area contributed by atoms with Crippen LogP contribution < -0.4 is 10.6 Å². The van der Waals surface area contributed by atoms with E-state index in [1.807, 2.05) is 36.0 Å². The Bertz CT molecular complexity index is 1270. The van der Waals surface area contributed by atoms with Gasteiger partial charge in [-0.15, -0.1) is 0 Å². The molecule has 1 aliphatic rings. The van der Waals surface area contributed by atoms with Crippen molar-refractivity contribution in [3.8, 4) is 0 Å². The number of carbonyl (C=O) groups excluding carboxylic acids is 1. The highest BCUT2D eigenvalue weighted by molar-refractivity contribution is 6.05. The molecular formula is C23H24F2N6O. The fourth-order valence-corrected chi connectivity index (χ4v) is 4.47. The molecule has 0 unspecified atom stereocenters. The number of hydrogen-bond donors (Lipinski definition) is 2. The maximum absolute atomic E-state index is 13.0. The lowest BCUT2D eigenvalue weighted by molar-refractivity contribution is 0.0928. The molecule has 1 fully saturated rings. The van der Waals surface area contributed by atoms with Crippen LogP contribution in [-0.4, -0.2) is 36.9 Å². The summed E-state index contributed by atoms with van der Waals surface area (Å²) in [5.41, 5.74) is 1.69. The Morgan fingerprint density at radius 2 is 1.91 bits per heavy atom. The van der Waals surface area contributed by atoms with Gasteiger partial charge in [-0.25, -0.2) is 18.7 Å². The molecule has 1 amide bonds. The molecule has 0 aliphatic heterocycles. The highest BCUT2D eigenvalue weighted by Crippen LogP contribution is 2.26. The number of rotatable bonds is 5. The first-order chi connectivity index (χ1) is 15.5. The van der Waals surface area contributed by atoms with Crippen LogP contribution in [0.5, 0.6) is 0 Å².